The van der Waals surface area contributed by atoms with Gasteiger partial charge in [-0.3, -0.25) is 0 Å². The van der Waals surface area contributed by atoms with E-state index in [1.165, 1.54) is 38.5 Å². The van der Waals surface area contributed by atoms with Gasteiger partial charge in [-0.2, -0.15) is 0 Å². The molecule has 1 saturated carbocycles. The highest BCUT2D eigenvalue weighted by atomic mass is 16.5. The highest BCUT2D eigenvalue weighted by molar-refractivity contribution is 5.67. The topological polar surface area (TPSA) is 46.5 Å². The molecule has 0 aromatic heterocycles. The zero-order valence-electron chi connectivity index (χ0n) is 8.71. The molecule has 1 N–H and O–H groups in total. The zero-order valence-corrected chi connectivity index (χ0v) is 8.71. The number of carboxylic acid groups (broad SMARTS) is 1. The van der Waals surface area contributed by atoms with E-state index in [-0.39, 0.29) is 6.61 Å². The molecule has 0 aliphatic heterocycles. The van der Waals surface area contributed by atoms with Gasteiger partial charge in [-0.05, 0) is 12.3 Å². The highest BCUT2D eigenvalue weighted by Gasteiger charge is 2.19. The quantitative estimate of drug-likeness (QED) is 0.581. The molecular weight excluding hydrogens is 180 g/mol. The van der Waals surface area contributed by atoms with Crippen LogP contribution in [0.5, 0.6) is 0 Å². The predicted molar refractivity (Wildman–Crippen MR) is 54.3 cm³/mol. The summed E-state index contributed by atoms with van der Waals surface area (Å²) in [4.78, 5) is 10.1. The minimum Gasteiger partial charge on any atom is -0.480 e. The standard InChI is InChI=1S/C11H20O3/c12-11(13)9-14-8-4-2-1-3-5-10-6-7-10/h10H,1-9H2,(H,12,13). The van der Waals surface area contributed by atoms with Gasteiger partial charge in [0.25, 0.3) is 0 Å². The zero-order chi connectivity index (χ0) is 10.2. The first-order valence-electron chi connectivity index (χ1n) is 5.58. The van der Waals surface area contributed by atoms with Crippen LogP contribution < -0.4 is 0 Å². The van der Waals surface area contributed by atoms with E-state index in [2.05, 4.69) is 0 Å². The summed E-state index contributed by atoms with van der Waals surface area (Å²) in [6.45, 7) is 0.442. The summed E-state index contributed by atoms with van der Waals surface area (Å²) in [6.07, 6.45) is 9.07. The molecule has 1 fully saturated rings. The SMILES string of the molecule is O=C(O)COCCCCCCC1CC1. The van der Waals surface area contributed by atoms with Gasteiger partial charge in [0.2, 0.25) is 0 Å². The molecule has 0 saturated heterocycles. The maximum atomic E-state index is 10.1. The fraction of sp³-hybridized carbons (Fsp3) is 0.909. The smallest absolute Gasteiger partial charge is 0.329 e. The molecule has 0 atom stereocenters. The third kappa shape index (κ3) is 6.89. The number of hydrogen-bond donors (Lipinski definition) is 1. The van der Waals surface area contributed by atoms with Gasteiger partial charge in [0.15, 0.2) is 0 Å². The van der Waals surface area contributed by atoms with Crippen LogP contribution >= 0.6 is 0 Å². The molecule has 0 radical (unpaired) electrons. The number of aliphatic carboxylic acids is 1. The molecule has 0 spiro atoms. The molecule has 0 amide bonds. The van der Waals surface area contributed by atoms with E-state index in [0.717, 1.165) is 12.3 Å². The number of unbranched alkanes of at least 4 members (excludes halogenated alkanes) is 3. The summed E-state index contributed by atoms with van der Waals surface area (Å²) in [5.41, 5.74) is 0. The van der Waals surface area contributed by atoms with Gasteiger partial charge in [-0.25, -0.2) is 4.79 Å². The number of hydrogen-bond acceptors (Lipinski definition) is 2. The molecule has 1 rings (SSSR count). The van der Waals surface area contributed by atoms with Gasteiger partial charge >= 0.3 is 5.97 Å². The molecule has 0 unspecified atom stereocenters. The van der Waals surface area contributed by atoms with Gasteiger partial charge < -0.3 is 9.84 Å². The second-order valence-electron chi connectivity index (χ2n) is 4.09. The van der Waals surface area contributed by atoms with E-state index in [4.69, 9.17) is 9.84 Å². The van der Waals surface area contributed by atoms with Crippen LogP contribution in [0.3, 0.4) is 0 Å². The Bertz CT molecular complexity index is 164. The molecule has 3 heteroatoms. The van der Waals surface area contributed by atoms with Gasteiger partial charge in [-0.1, -0.05) is 38.5 Å². The minimum atomic E-state index is -0.876. The lowest BCUT2D eigenvalue weighted by atomic mass is 10.1. The summed E-state index contributed by atoms with van der Waals surface area (Å²) in [6, 6.07) is 0. The molecule has 14 heavy (non-hydrogen) atoms. The fourth-order valence-electron chi connectivity index (χ4n) is 1.56. The maximum Gasteiger partial charge on any atom is 0.329 e. The average Bonchev–Trinajstić information content (AvgIpc) is 2.92. The van der Waals surface area contributed by atoms with Crippen molar-refractivity contribution < 1.29 is 14.6 Å². The maximum absolute atomic E-state index is 10.1. The van der Waals surface area contributed by atoms with Crippen LogP contribution in [0.25, 0.3) is 0 Å². The lowest BCUT2D eigenvalue weighted by molar-refractivity contribution is -0.142. The van der Waals surface area contributed by atoms with Gasteiger partial charge in [0.1, 0.15) is 6.61 Å². The lowest BCUT2D eigenvalue weighted by Gasteiger charge is -2.01. The number of carboxylic acids is 1. The van der Waals surface area contributed by atoms with Crippen molar-refractivity contribution in [2.75, 3.05) is 13.2 Å². The molecule has 3 nitrogen and oxygen atoms in total. The van der Waals surface area contributed by atoms with E-state index in [9.17, 15) is 4.79 Å². The molecule has 0 bridgehead atoms. The number of rotatable bonds is 9. The van der Waals surface area contributed by atoms with Gasteiger partial charge in [-0.15, -0.1) is 0 Å². The number of carbonyl (C=O) groups is 1. The second kappa shape index (κ2) is 6.82. The molecule has 82 valence electrons. The van der Waals surface area contributed by atoms with Crippen molar-refractivity contribution in [3.05, 3.63) is 0 Å². The minimum absolute atomic E-state index is 0.151. The van der Waals surface area contributed by atoms with E-state index < -0.39 is 5.97 Å². The highest BCUT2D eigenvalue weighted by Crippen LogP contribution is 2.34. The Morgan fingerprint density at radius 2 is 1.93 bits per heavy atom. The molecule has 0 aromatic rings. The van der Waals surface area contributed by atoms with Crippen molar-refractivity contribution in [1.82, 2.24) is 0 Å². The van der Waals surface area contributed by atoms with Crippen LogP contribution in [0, 0.1) is 5.92 Å². The van der Waals surface area contributed by atoms with Crippen LogP contribution in [0.15, 0.2) is 0 Å². The Balaban J connectivity index is 1.68. The third-order valence-electron chi connectivity index (χ3n) is 2.57. The largest absolute Gasteiger partial charge is 0.480 e. The summed E-state index contributed by atoms with van der Waals surface area (Å²) in [5, 5.41) is 8.30. The summed E-state index contributed by atoms with van der Waals surface area (Å²) >= 11 is 0. The Labute approximate surface area is 85.5 Å². The van der Waals surface area contributed by atoms with Crippen LogP contribution in [-0.2, 0) is 9.53 Å². The van der Waals surface area contributed by atoms with E-state index in [1.54, 1.807) is 0 Å². The third-order valence-corrected chi connectivity index (χ3v) is 2.57. The Hall–Kier alpha value is -0.570. The van der Waals surface area contributed by atoms with Crippen molar-refractivity contribution in [3.8, 4) is 0 Å². The average molecular weight is 200 g/mol. The van der Waals surface area contributed by atoms with Crippen molar-refractivity contribution in [2.24, 2.45) is 5.92 Å². The van der Waals surface area contributed by atoms with Crippen molar-refractivity contribution >= 4 is 5.97 Å². The summed E-state index contributed by atoms with van der Waals surface area (Å²) < 4.78 is 4.94. The van der Waals surface area contributed by atoms with Crippen LogP contribution in [0.4, 0.5) is 0 Å². The van der Waals surface area contributed by atoms with E-state index in [1.807, 2.05) is 0 Å². The van der Waals surface area contributed by atoms with Crippen molar-refractivity contribution in [1.29, 1.82) is 0 Å². The molecule has 1 aliphatic rings. The normalized spacial score (nSPS) is 15.7. The monoisotopic (exact) mass is 200 g/mol. The van der Waals surface area contributed by atoms with Crippen LogP contribution in [-0.4, -0.2) is 24.3 Å². The van der Waals surface area contributed by atoms with Crippen molar-refractivity contribution in [3.63, 3.8) is 0 Å². The summed E-state index contributed by atoms with van der Waals surface area (Å²) in [5.74, 6) is 0.164. The van der Waals surface area contributed by atoms with Gasteiger partial charge in [0, 0.05) is 6.61 Å². The van der Waals surface area contributed by atoms with E-state index >= 15 is 0 Å². The molecule has 1 aliphatic carbocycles. The van der Waals surface area contributed by atoms with Crippen molar-refractivity contribution in [2.45, 2.75) is 44.9 Å². The predicted octanol–water partition coefficient (Wildman–Crippen LogP) is 2.45. The second-order valence-corrected chi connectivity index (χ2v) is 4.09. The van der Waals surface area contributed by atoms with Crippen LogP contribution in [0.1, 0.15) is 44.9 Å². The first-order valence-corrected chi connectivity index (χ1v) is 5.58. The van der Waals surface area contributed by atoms with E-state index in [0.29, 0.717) is 6.61 Å². The Morgan fingerprint density at radius 3 is 2.57 bits per heavy atom. The number of ether oxygens (including phenoxy) is 1. The fourth-order valence-corrected chi connectivity index (χ4v) is 1.56. The molecule has 0 heterocycles. The Kier molecular flexibility index (Phi) is 5.60. The van der Waals surface area contributed by atoms with Gasteiger partial charge in [0.05, 0.1) is 0 Å². The Morgan fingerprint density at radius 1 is 1.21 bits per heavy atom. The summed E-state index contributed by atoms with van der Waals surface area (Å²) in [7, 11) is 0. The first kappa shape index (κ1) is 11.5. The molecule has 0 aromatic carbocycles. The molecular formula is C11H20O3. The van der Waals surface area contributed by atoms with Crippen LogP contribution in [0.2, 0.25) is 0 Å². The lowest BCUT2D eigenvalue weighted by Crippen LogP contribution is -2.07. The first-order chi connectivity index (χ1) is 6.79.